The molecular formula is C8H7NO3. The van der Waals surface area contributed by atoms with Gasteiger partial charge < -0.3 is 9.15 Å². The van der Waals surface area contributed by atoms with Gasteiger partial charge in [-0.2, -0.15) is 0 Å². The lowest BCUT2D eigenvalue weighted by atomic mass is 10.5. The SMILES string of the molecule is CCOC(=O)C#Cc1cocn1. The third-order valence-corrected chi connectivity index (χ3v) is 1.00. The number of hydrogen-bond donors (Lipinski definition) is 0. The summed E-state index contributed by atoms with van der Waals surface area (Å²) in [6, 6.07) is 0. The van der Waals surface area contributed by atoms with Crippen LogP contribution in [0.5, 0.6) is 0 Å². The van der Waals surface area contributed by atoms with Crippen LogP contribution in [0.15, 0.2) is 17.1 Å². The second-order valence-electron chi connectivity index (χ2n) is 1.84. The summed E-state index contributed by atoms with van der Waals surface area (Å²) in [7, 11) is 0. The minimum atomic E-state index is -0.555. The highest BCUT2D eigenvalue weighted by Gasteiger charge is 1.93. The van der Waals surface area contributed by atoms with Gasteiger partial charge in [-0.25, -0.2) is 9.78 Å². The maximum atomic E-state index is 10.7. The number of rotatable bonds is 1. The van der Waals surface area contributed by atoms with Crippen molar-refractivity contribution in [1.82, 2.24) is 4.98 Å². The molecule has 0 amide bonds. The van der Waals surface area contributed by atoms with Gasteiger partial charge in [0.2, 0.25) is 0 Å². The number of aromatic nitrogens is 1. The van der Waals surface area contributed by atoms with Crippen LogP contribution in [0.2, 0.25) is 0 Å². The van der Waals surface area contributed by atoms with E-state index in [1.807, 2.05) is 0 Å². The molecule has 0 spiro atoms. The highest BCUT2D eigenvalue weighted by molar-refractivity contribution is 5.88. The lowest BCUT2D eigenvalue weighted by Crippen LogP contribution is -1.99. The summed E-state index contributed by atoms with van der Waals surface area (Å²) in [5, 5.41) is 0. The highest BCUT2D eigenvalue weighted by atomic mass is 16.5. The Labute approximate surface area is 69.5 Å². The fourth-order valence-corrected chi connectivity index (χ4v) is 0.557. The van der Waals surface area contributed by atoms with Gasteiger partial charge in [-0.05, 0) is 12.8 Å². The molecule has 62 valence electrons. The largest absolute Gasteiger partial charge is 0.456 e. The molecule has 0 fully saturated rings. The second kappa shape index (κ2) is 4.19. The molecule has 0 aromatic carbocycles. The molecule has 0 aliphatic heterocycles. The van der Waals surface area contributed by atoms with Crippen LogP contribution >= 0.6 is 0 Å². The molecular weight excluding hydrogens is 158 g/mol. The molecule has 4 nitrogen and oxygen atoms in total. The Morgan fingerprint density at radius 2 is 2.67 bits per heavy atom. The molecule has 1 heterocycles. The predicted molar refractivity (Wildman–Crippen MR) is 40.0 cm³/mol. The van der Waals surface area contributed by atoms with Crippen molar-refractivity contribution in [3.63, 3.8) is 0 Å². The maximum absolute atomic E-state index is 10.7. The number of oxazole rings is 1. The first-order valence-corrected chi connectivity index (χ1v) is 3.40. The normalized spacial score (nSPS) is 8.42. The number of ether oxygens (including phenoxy) is 1. The molecule has 0 atom stereocenters. The number of carbonyl (C=O) groups excluding carboxylic acids is 1. The predicted octanol–water partition coefficient (Wildman–Crippen LogP) is 0.589. The van der Waals surface area contributed by atoms with Crippen LogP contribution in [0.1, 0.15) is 12.6 Å². The van der Waals surface area contributed by atoms with Gasteiger partial charge in [0.15, 0.2) is 12.1 Å². The topological polar surface area (TPSA) is 52.3 Å². The Hall–Kier alpha value is -1.76. The van der Waals surface area contributed by atoms with Crippen molar-refractivity contribution in [3.05, 3.63) is 18.4 Å². The summed E-state index contributed by atoms with van der Waals surface area (Å²) in [6.45, 7) is 2.04. The third-order valence-electron chi connectivity index (χ3n) is 1.00. The smallest absolute Gasteiger partial charge is 0.384 e. The number of hydrogen-bond acceptors (Lipinski definition) is 4. The van der Waals surface area contributed by atoms with Crippen LogP contribution in [0.3, 0.4) is 0 Å². The zero-order valence-electron chi connectivity index (χ0n) is 6.53. The van der Waals surface area contributed by atoms with Crippen LogP contribution in [-0.2, 0) is 9.53 Å². The van der Waals surface area contributed by atoms with E-state index in [-0.39, 0.29) is 0 Å². The van der Waals surface area contributed by atoms with E-state index in [9.17, 15) is 4.79 Å². The molecule has 4 heteroatoms. The first kappa shape index (κ1) is 8.34. The monoisotopic (exact) mass is 165 g/mol. The summed E-state index contributed by atoms with van der Waals surface area (Å²) in [5.41, 5.74) is 0.419. The van der Waals surface area contributed by atoms with Gasteiger partial charge in [-0.15, -0.1) is 0 Å². The van der Waals surface area contributed by atoms with Gasteiger partial charge in [0, 0.05) is 5.92 Å². The first-order valence-electron chi connectivity index (χ1n) is 3.40. The van der Waals surface area contributed by atoms with Crippen molar-refractivity contribution in [3.8, 4) is 11.8 Å². The Kier molecular flexibility index (Phi) is 2.91. The molecule has 12 heavy (non-hydrogen) atoms. The molecule has 0 unspecified atom stereocenters. The molecule has 0 N–H and O–H groups in total. The van der Waals surface area contributed by atoms with Gasteiger partial charge in [0.25, 0.3) is 0 Å². The van der Waals surface area contributed by atoms with Gasteiger partial charge in [-0.3, -0.25) is 0 Å². The van der Waals surface area contributed by atoms with Gasteiger partial charge in [0.05, 0.1) is 6.61 Å². The van der Waals surface area contributed by atoms with Crippen molar-refractivity contribution in [2.45, 2.75) is 6.92 Å². The summed E-state index contributed by atoms with van der Waals surface area (Å²) in [5.74, 6) is 4.18. The van der Waals surface area contributed by atoms with Crippen molar-refractivity contribution in [2.24, 2.45) is 0 Å². The van der Waals surface area contributed by atoms with E-state index in [2.05, 4.69) is 26.0 Å². The van der Waals surface area contributed by atoms with E-state index in [0.29, 0.717) is 12.3 Å². The Balaban J connectivity index is 2.54. The van der Waals surface area contributed by atoms with E-state index >= 15 is 0 Å². The van der Waals surface area contributed by atoms with Gasteiger partial charge >= 0.3 is 5.97 Å². The fourth-order valence-electron chi connectivity index (χ4n) is 0.557. The number of nitrogens with zero attached hydrogens (tertiary/aromatic N) is 1. The molecule has 0 aliphatic rings. The summed E-state index contributed by atoms with van der Waals surface area (Å²) in [4.78, 5) is 14.4. The average Bonchev–Trinajstić information content (AvgIpc) is 2.53. The highest BCUT2D eigenvalue weighted by Crippen LogP contribution is 1.89. The Bertz CT molecular complexity index is 305. The molecule has 1 rings (SSSR count). The standard InChI is InChI=1S/C8H7NO3/c1-2-12-8(10)4-3-7-5-11-6-9-7/h5-6H,2H2,1H3. The molecule has 1 aromatic rings. The van der Waals surface area contributed by atoms with Crippen LogP contribution in [0, 0.1) is 11.8 Å². The van der Waals surface area contributed by atoms with Crippen molar-refractivity contribution in [1.29, 1.82) is 0 Å². The first-order chi connectivity index (χ1) is 5.83. The summed E-state index contributed by atoms with van der Waals surface area (Å²) < 4.78 is 9.21. The minimum absolute atomic E-state index is 0.326. The van der Waals surface area contributed by atoms with Gasteiger partial charge in [-0.1, -0.05) is 0 Å². The molecule has 0 saturated heterocycles. The zero-order valence-corrected chi connectivity index (χ0v) is 6.53. The van der Waals surface area contributed by atoms with Crippen LogP contribution < -0.4 is 0 Å². The Morgan fingerprint density at radius 1 is 1.83 bits per heavy atom. The lowest BCUT2D eigenvalue weighted by Gasteiger charge is -1.89. The van der Waals surface area contributed by atoms with E-state index in [4.69, 9.17) is 0 Å². The third kappa shape index (κ3) is 2.46. The van der Waals surface area contributed by atoms with E-state index < -0.39 is 5.97 Å². The minimum Gasteiger partial charge on any atom is -0.456 e. The summed E-state index contributed by atoms with van der Waals surface area (Å²) in [6.07, 6.45) is 2.60. The van der Waals surface area contributed by atoms with Gasteiger partial charge in [0.1, 0.15) is 6.26 Å². The molecule has 0 bridgehead atoms. The molecule has 0 aliphatic carbocycles. The van der Waals surface area contributed by atoms with Crippen molar-refractivity contribution >= 4 is 5.97 Å². The summed E-state index contributed by atoms with van der Waals surface area (Å²) >= 11 is 0. The zero-order chi connectivity index (χ0) is 8.81. The Morgan fingerprint density at radius 3 is 3.25 bits per heavy atom. The fraction of sp³-hybridized carbons (Fsp3) is 0.250. The van der Waals surface area contributed by atoms with Crippen molar-refractivity contribution in [2.75, 3.05) is 6.61 Å². The lowest BCUT2D eigenvalue weighted by molar-refractivity contribution is -0.136. The quantitative estimate of drug-likeness (QED) is 0.451. The maximum Gasteiger partial charge on any atom is 0.384 e. The van der Waals surface area contributed by atoms with Crippen LogP contribution in [0.4, 0.5) is 0 Å². The van der Waals surface area contributed by atoms with E-state index in [0.717, 1.165) is 0 Å². The second-order valence-corrected chi connectivity index (χ2v) is 1.84. The molecule has 0 saturated carbocycles. The van der Waals surface area contributed by atoms with Crippen LogP contribution in [-0.4, -0.2) is 17.6 Å². The molecule has 0 radical (unpaired) electrons. The number of carbonyl (C=O) groups is 1. The number of esters is 1. The van der Waals surface area contributed by atoms with E-state index in [1.165, 1.54) is 12.7 Å². The van der Waals surface area contributed by atoms with Crippen molar-refractivity contribution < 1.29 is 13.9 Å². The van der Waals surface area contributed by atoms with Crippen LogP contribution in [0.25, 0.3) is 0 Å². The van der Waals surface area contributed by atoms with E-state index in [1.54, 1.807) is 6.92 Å². The average molecular weight is 165 g/mol. The molecule has 1 aromatic heterocycles.